The average molecular weight is 269 g/mol. The zero-order valence-electron chi connectivity index (χ0n) is 11.1. The van der Waals surface area contributed by atoms with Crippen LogP contribution in [-0.4, -0.2) is 16.6 Å². The number of benzene rings is 1. The van der Waals surface area contributed by atoms with Gasteiger partial charge in [0, 0.05) is 0 Å². The minimum absolute atomic E-state index is 0.327. The molecule has 1 aromatic heterocycles. The highest BCUT2D eigenvalue weighted by Crippen LogP contribution is 2.28. The monoisotopic (exact) mass is 269 g/mol. The highest BCUT2D eigenvalue weighted by Gasteiger charge is 2.10. The summed E-state index contributed by atoms with van der Waals surface area (Å²) in [5.41, 5.74) is 7.45. The first kappa shape index (κ1) is 13.6. The maximum atomic E-state index is 9.06. The number of hydrogen-bond donors (Lipinski definition) is 2. The second-order valence-corrected chi connectivity index (χ2v) is 4.07. The first-order valence-corrected chi connectivity index (χ1v) is 6.25. The molecule has 0 atom stereocenters. The van der Waals surface area contributed by atoms with Crippen LogP contribution in [0.2, 0.25) is 0 Å². The van der Waals surface area contributed by atoms with Gasteiger partial charge >= 0.3 is 0 Å². The van der Waals surface area contributed by atoms with Crippen LogP contribution in [0.25, 0.3) is 0 Å². The van der Waals surface area contributed by atoms with E-state index in [0.29, 0.717) is 35.2 Å². The lowest BCUT2D eigenvalue weighted by atomic mass is 10.2. The molecule has 6 heteroatoms. The molecule has 102 valence electrons. The van der Waals surface area contributed by atoms with Crippen molar-refractivity contribution >= 4 is 17.2 Å². The van der Waals surface area contributed by atoms with Gasteiger partial charge in [0.1, 0.15) is 18.1 Å². The fourth-order valence-electron chi connectivity index (χ4n) is 1.61. The first-order valence-electron chi connectivity index (χ1n) is 6.25. The van der Waals surface area contributed by atoms with Gasteiger partial charge in [-0.15, -0.1) is 0 Å². The molecule has 0 bridgehead atoms. The van der Waals surface area contributed by atoms with Crippen molar-refractivity contribution in [3.05, 3.63) is 36.2 Å². The standard InChI is InChI=1S/C14H15N5O/c1-2-7-20-14-12(16)13(17-9-18-14)19-11-6-4-3-5-10(11)8-15/h3-6,9H,2,7,16H2,1H3,(H,17,18,19). The first-order chi connectivity index (χ1) is 9.76. The summed E-state index contributed by atoms with van der Waals surface area (Å²) in [6.07, 6.45) is 2.24. The van der Waals surface area contributed by atoms with Crippen molar-refractivity contribution in [1.82, 2.24) is 9.97 Å². The molecule has 0 unspecified atom stereocenters. The number of nitriles is 1. The third kappa shape index (κ3) is 2.95. The fourth-order valence-corrected chi connectivity index (χ4v) is 1.61. The second-order valence-electron chi connectivity index (χ2n) is 4.07. The summed E-state index contributed by atoms with van der Waals surface area (Å²) in [6.45, 7) is 2.54. The Balaban J connectivity index is 2.28. The quantitative estimate of drug-likeness (QED) is 0.865. The summed E-state index contributed by atoms with van der Waals surface area (Å²) in [5, 5.41) is 12.1. The van der Waals surface area contributed by atoms with Crippen molar-refractivity contribution in [2.24, 2.45) is 0 Å². The van der Waals surface area contributed by atoms with Crippen LogP contribution in [0.5, 0.6) is 5.88 Å². The van der Waals surface area contributed by atoms with Crippen molar-refractivity contribution in [2.45, 2.75) is 13.3 Å². The molecule has 1 heterocycles. The Kier molecular flexibility index (Phi) is 4.35. The summed E-state index contributed by atoms with van der Waals surface area (Å²) in [5.74, 6) is 0.771. The number of nitrogens with one attached hydrogen (secondary N) is 1. The Hall–Kier alpha value is -2.81. The number of rotatable bonds is 5. The number of ether oxygens (including phenoxy) is 1. The van der Waals surface area contributed by atoms with E-state index in [1.54, 1.807) is 18.2 Å². The average Bonchev–Trinajstić information content (AvgIpc) is 2.48. The van der Waals surface area contributed by atoms with Crippen molar-refractivity contribution in [2.75, 3.05) is 17.7 Å². The Morgan fingerprint density at radius 1 is 1.35 bits per heavy atom. The molecule has 20 heavy (non-hydrogen) atoms. The van der Waals surface area contributed by atoms with Gasteiger partial charge in [-0.2, -0.15) is 10.2 Å². The van der Waals surface area contributed by atoms with Crippen LogP contribution in [0.3, 0.4) is 0 Å². The highest BCUT2D eigenvalue weighted by molar-refractivity contribution is 5.74. The predicted molar refractivity (Wildman–Crippen MR) is 76.7 cm³/mol. The van der Waals surface area contributed by atoms with Gasteiger partial charge in [0.15, 0.2) is 5.82 Å². The van der Waals surface area contributed by atoms with Crippen LogP contribution >= 0.6 is 0 Å². The fraction of sp³-hybridized carbons (Fsp3) is 0.214. The van der Waals surface area contributed by atoms with E-state index in [1.165, 1.54) is 6.33 Å². The predicted octanol–water partition coefficient (Wildman–Crippen LogP) is 2.46. The molecule has 0 radical (unpaired) electrons. The van der Waals surface area contributed by atoms with E-state index in [1.807, 2.05) is 13.0 Å². The second kappa shape index (κ2) is 6.38. The van der Waals surface area contributed by atoms with Crippen molar-refractivity contribution in [3.63, 3.8) is 0 Å². The number of nitrogens with two attached hydrogens (primary N) is 1. The molecule has 0 spiro atoms. The molecule has 0 saturated carbocycles. The highest BCUT2D eigenvalue weighted by atomic mass is 16.5. The molecule has 0 amide bonds. The number of aromatic nitrogens is 2. The number of hydrogen-bond acceptors (Lipinski definition) is 6. The topological polar surface area (TPSA) is 96.9 Å². The van der Waals surface area contributed by atoms with Gasteiger partial charge in [0.2, 0.25) is 5.88 Å². The summed E-state index contributed by atoms with van der Waals surface area (Å²) >= 11 is 0. The van der Waals surface area contributed by atoms with E-state index in [2.05, 4.69) is 21.4 Å². The van der Waals surface area contributed by atoms with Crippen LogP contribution in [0.1, 0.15) is 18.9 Å². The molecule has 0 fully saturated rings. The van der Waals surface area contributed by atoms with Gasteiger partial charge in [-0.25, -0.2) is 4.98 Å². The largest absolute Gasteiger partial charge is 0.476 e. The molecule has 3 N–H and O–H groups in total. The molecule has 0 aliphatic heterocycles. The van der Waals surface area contributed by atoms with Crippen molar-refractivity contribution in [3.8, 4) is 11.9 Å². The molecule has 0 aliphatic carbocycles. The zero-order chi connectivity index (χ0) is 14.4. The number of nitrogen functional groups attached to an aromatic ring is 1. The SMILES string of the molecule is CCCOc1ncnc(Nc2ccccc2C#N)c1N. The van der Waals surface area contributed by atoms with Crippen molar-refractivity contribution in [1.29, 1.82) is 5.26 Å². The van der Waals surface area contributed by atoms with Crippen LogP contribution in [-0.2, 0) is 0 Å². The van der Waals surface area contributed by atoms with Gasteiger partial charge in [0.25, 0.3) is 0 Å². The van der Waals surface area contributed by atoms with Gasteiger partial charge in [0.05, 0.1) is 17.9 Å². The lowest BCUT2D eigenvalue weighted by molar-refractivity contribution is 0.307. The lowest BCUT2D eigenvalue weighted by Gasteiger charge is -2.12. The van der Waals surface area contributed by atoms with Crippen molar-refractivity contribution < 1.29 is 4.74 Å². The Morgan fingerprint density at radius 2 is 2.15 bits per heavy atom. The molecule has 0 aliphatic rings. The lowest BCUT2D eigenvalue weighted by Crippen LogP contribution is -2.06. The molecule has 6 nitrogen and oxygen atoms in total. The molecular weight excluding hydrogens is 254 g/mol. The van der Waals surface area contributed by atoms with Crippen LogP contribution in [0.4, 0.5) is 17.2 Å². The summed E-state index contributed by atoms with van der Waals surface area (Å²) in [7, 11) is 0. The Bertz CT molecular complexity index is 636. The minimum Gasteiger partial charge on any atom is -0.476 e. The van der Waals surface area contributed by atoms with E-state index in [-0.39, 0.29) is 0 Å². The van der Waals surface area contributed by atoms with E-state index < -0.39 is 0 Å². The molecule has 1 aromatic carbocycles. The Labute approximate surface area is 117 Å². The van der Waals surface area contributed by atoms with E-state index in [4.69, 9.17) is 15.7 Å². The van der Waals surface area contributed by atoms with Gasteiger partial charge in [-0.05, 0) is 18.6 Å². The third-order valence-electron chi connectivity index (χ3n) is 2.59. The number of anilines is 3. The van der Waals surface area contributed by atoms with Gasteiger partial charge in [-0.3, -0.25) is 0 Å². The molecular formula is C14H15N5O. The normalized spacial score (nSPS) is 9.80. The van der Waals surface area contributed by atoms with Gasteiger partial charge < -0.3 is 15.8 Å². The third-order valence-corrected chi connectivity index (χ3v) is 2.59. The minimum atomic E-state index is 0.327. The van der Waals surface area contributed by atoms with Crippen LogP contribution in [0.15, 0.2) is 30.6 Å². The summed E-state index contributed by atoms with van der Waals surface area (Å²) in [6, 6.07) is 9.23. The van der Waals surface area contributed by atoms with E-state index in [0.717, 1.165) is 6.42 Å². The molecule has 2 rings (SSSR count). The number of nitrogens with zero attached hydrogens (tertiary/aromatic N) is 3. The molecule has 0 saturated heterocycles. The maximum Gasteiger partial charge on any atom is 0.242 e. The maximum absolute atomic E-state index is 9.06. The zero-order valence-corrected chi connectivity index (χ0v) is 11.1. The van der Waals surface area contributed by atoms with E-state index in [9.17, 15) is 0 Å². The smallest absolute Gasteiger partial charge is 0.242 e. The summed E-state index contributed by atoms with van der Waals surface area (Å²) < 4.78 is 5.44. The molecule has 2 aromatic rings. The summed E-state index contributed by atoms with van der Waals surface area (Å²) in [4.78, 5) is 8.08. The number of para-hydroxylation sites is 1. The van der Waals surface area contributed by atoms with Crippen LogP contribution < -0.4 is 15.8 Å². The van der Waals surface area contributed by atoms with Gasteiger partial charge in [-0.1, -0.05) is 19.1 Å². The Morgan fingerprint density at radius 3 is 2.90 bits per heavy atom. The van der Waals surface area contributed by atoms with Crippen LogP contribution in [0, 0.1) is 11.3 Å². The van der Waals surface area contributed by atoms with E-state index >= 15 is 0 Å².